The van der Waals surface area contributed by atoms with Crippen LogP contribution >= 0.6 is 0 Å². The molecule has 1 saturated carbocycles. The maximum atomic E-state index is 14.7. The molecule has 0 amide bonds. The summed E-state index contributed by atoms with van der Waals surface area (Å²) < 4.78 is 35.1. The lowest BCUT2D eigenvalue weighted by Gasteiger charge is -2.44. The lowest BCUT2D eigenvalue weighted by atomic mass is 9.72. The van der Waals surface area contributed by atoms with Crippen molar-refractivity contribution in [3.05, 3.63) is 60.2 Å². The van der Waals surface area contributed by atoms with E-state index in [1.165, 1.54) is 18.2 Å². The highest BCUT2D eigenvalue weighted by atomic mass is 16.6. The van der Waals surface area contributed by atoms with Crippen molar-refractivity contribution in [3.8, 4) is 0 Å². The molecule has 0 unspecified atom stereocenters. The number of esters is 6. The largest absolute Gasteiger partial charge is 0.458 e. The summed E-state index contributed by atoms with van der Waals surface area (Å²) in [5.41, 5.74) is -3.32. The minimum atomic E-state index is -2.07. The van der Waals surface area contributed by atoms with Crippen LogP contribution in [0.5, 0.6) is 0 Å². The van der Waals surface area contributed by atoms with Crippen LogP contribution in [0.15, 0.2) is 54.6 Å². The predicted molar refractivity (Wildman–Crippen MR) is 176 cm³/mol. The van der Waals surface area contributed by atoms with Gasteiger partial charge in [-0.25, -0.2) is 4.79 Å². The molecule has 0 aromatic heterocycles. The third-order valence-electron chi connectivity index (χ3n) is 8.87. The van der Waals surface area contributed by atoms with Crippen LogP contribution in [0.4, 0.5) is 0 Å². The number of hydrogen-bond donors (Lipinski definition) is 0. The molecule has 1 aromatic rings. The zero-order chi connectivity index (χ0) is 37.7. The number of rotatable bonds is 7. The number of hydrogen-bond acceptors (Lipinski definition) is 13. The molecule has 272 valence electrons. The van der Waals surface area contributed by atoms with Crippen molar-refractivity contribution >= 4 is 41.6 Å². The van der Waals surface area contributed by atoms with Gasteiger partial charge in [0.05, 0.1) is 11.5 Å². The minimum absolute atomic E-state index is 0.156. The van der Waals surface area contributed by atoms with Gasteiger partial charge in [-0.05, 0) is 18.1 Å². The summed E-state index contributed by atoms with van der Waals surface area (Å²) in [6.45, 7) is 16.2. The van der Waals surface area contributed by atoms with E-state index in [1.807, 2.05) is 0 Å². The number of carbonyl (C=O) groups is 7. The molecule has 0 bridgehead atoms. The van der Waals surface area contributed by atoms with Gasteiger partial charge in [0.15, 0.2) is 29.7 Å². The molecule has 3 rings (SSSR count). The van der Waals surface area contributed by atoms with Gasteiger partial charge in [-0.2, -0.15) is 0 Å². The first-order valence-electron chi connectivity index (χ1n) is 16.3. The van der Waals surface area contributed by atoms with Crippen molar-refractivity contribution in [1.29, 1.82) is 0 Å². The molecule has 13 heteroatoms. The monoisotopic (exact) mass is 698 g/mol. The molecular formula is C37H46O13. The van der Waals surface area contributed by atoms with Crippen LogP contribution in [0.1, 0.15) is 79.1 Å². The number of ether oxygens (including phenoxy) is 6. The van der Waals surface area contributed by atoms with Crippen LogP contribution in [0, 0.1) is 23.2 Å². The zero-order valence-corrected chi connectivity index (χ0v) is 29.9. The molecule has 2 aliphatic rings. The summed E-state index contributed by atoms with van der Waals surface area (Å²) in [7, 11) is 0. The summed E-state index contributed by atoms with van der Waals surface area (Å²) in [5, 5.41) is 0. The Bertz CT molecular complexity index is 1540. The van der Waals surface area contributed by atoms with Gasteiger partial charge < -0.3 is 28.4 Å². The van der Waals surface area contributed by atoms with Crippen molar-refractivity contribution < 1.29 is 62.0 Å². The van der Waals surface area contributed by atoms with Gasteiger partial charge in [-0.15, -0.1) is 0 Å². The molecule has 0 radical (unpaired) electrons. The normalized spacial score (nSPS) is 30.7. The lowest BCUT2D eigenvalue weighted by Crippen LogP contribution is -2.59. The van der Waals surface area contributed by atoms with E-state index < -0.39 is 101 Å². The first-order chi connectivity index (χ1) is 23.2. The first-order valence-corrected chi connectivity index (χ1v) is 16.3. The van der Waals surface area contributed by atoms with Gasteiger partial charge in [-0.1, -0.05) is 64.6 Å². The Morgan fingerprint density at radius 3 is 1.78 bits per heavy atom. The zero-order valence-electron chi connectivity index (χ0n) is 29.9. The SMILES string of the molecule is C=C1[C@@H](OC(C)=O)[C@H](OC(C)=O)[C@H](OC(C)=O)C(C)(C)C=C[C@@H](C)C(=O)[C@]2(OC(C)=O)C[C@@H](C)[C@@H](OC(=O)c3ccccc3)[C@H]2[C@@H]1OC(C)=O. The van der Waals surface area contributed by atoms with E-state index in [0.29, 0.717) is 0 Å². The summed E-state index contributed by atoms with van der Waals surface area (Å²) in [6, 6.07) is 8.03. The Hall–Kier alpha value is -4.81. The maximum absolute atomic E-state index is 14.7. The van der Waals surface area contributed by atoms with Crippen molar-refractivity contribution in [3.63, 3.8) is 0 Å². The van der Waals surface area contributed by atoms with Crippen molar-refractivity contribution in [2.45, 2.75) is 105 Å². The number of Topliss-reactive ketones (excluding diaryl/α,β-unsaturated/α-hetero) is 1. The molecule has 1 fully saturated rings. The van der Waals surface area contributed by atoms with Crippen molar-refractivity contribution in [1.82, 2.24) is 0 Å². The molecular weight excluding hydrogens is 652 g/mol. The maximum Gasteiger partial charge on any atom is 0.338 e. The molecule has 9 atom stereocenters. The molecule has 1 aromatic carbocycles. The van der Waals surface area contributed by atoms with E-state index in [4.69, 9.17) is 28.4 Å². The Kier molecular flexibility index (Phi) is 12.5. The molecule has 0 aliphatic heterocycles. The average molecular weight is 699 g/mol. The fourth-order valence-corrected chi connectivity index (χ4v) is 6.91. The predicted octanol–water partition coefficient (Wildman–Crippen LogP) is 4.25. The summed E-state index contributed by atoms with van der Waals surface area (Å²) in [4.78, 5) is 91.9. The highest BCUT2D eigenvalue weighted by Gasteiger charge is 2.66. The quantitative estimate of drug-likeness (QED) is 0.225. The topological polar surface area (TPSA) is 175 Å². The molecule has 13 nitrogen and oxygen atoms in total. The van der Waals surface area contributed by atoms with Crippen LogP contribution in [0.25, 0.3) is 0 Å². The summed E-state index contributed by atoms with van der Waals surface area (Å²) in [6.07, 6.45) is -4.58. The highest BCUT2D eigenvalue weighted by Crippen LogP contribution is 2.51. The molecule has 0 heterocycles. The third-order valence-corrected chi connectivity index (χ3v) is 8.87. The second kappa shape index (κ2) is 15.8. The first kappa shape index (κ1) is 39.6. The van der Waals surface area contributed by atoms with E-state index >= 15 is 0 Å². The fourth-order valence-electron chi connectivity index (χ4n) is 6.91. The van der Waals surface area contributed by atoms with Crippen molar-refractivity contribution in [2.24, 2.45) is 23.2 Å². The van der Waals surface area contributed by atoms with Crippen LogP contribution < -0.4 is 0 Å². The number of carbonyl (C=O) groups excluding carboxylic acids is 7. The third kappa shape index (κ3) is 8.85. The highest BCUT2D eigenvalue weighted by molar-refractivity contribution is 5.94. The summed E-state index contributed by atoms with van der Waals surface area (Å²) >= 11 is 0. The minimum Gasteiger partial charge on any atom is -0.458 e. The van der Waals surface area contributed by atoms with E-state index in [0.717, 1.165) is 34.6 Å². The number of ketones is 1. The van der Waals surface area contributed by atoms with Gasteiger partial charge in [0, 0.05) is 57.9 Å². The van der Waals surface area contributed by atoms with Crippen LogP contribution in [-0.2, 0) is 57.2 Å². The molecule has 0 N–H and O–H groups in total. The Morgan fingerprint density at radius 1 is 0.720 bits per heavy atom. The van der Waals surface area contributed by atoms with Gasteiger partial charge in [0.1, 0.15) is 12.2 Å². The number of allylic oxidation sites excluding steroid dienone is 1. The second-order valence-corrected chi connectivity index (χ2v) is 13.5. The van der Waals surface area contributed by atoms with Crippen LogP contribution in [0.3, 0.4) is 0 Å². The van der Waals surface area contributed by atoms with Gasteiger partial charge in [-0.3, -0.25) is 28.8 Å². The second-order valence-electron chi connectivity index (χ2n) is 13.5. The smallest absolute Gasteiger partial charge is 0.338 e. The average Bonchev–Trinajstić information content (AvgIpc) is 3.28. The molecule has 0 spiro atoms. The van der Waals surface area contributed by atoms with E-state index in [-0.39, 0.29) is 17.6 Å². The molecule has 50 heavy (non-hydrogen) atoms. The van der Waals surface area contributed by atoms with E-state index in [2.05, 4.69) is 6.58 Å². The van der Waals surface area contributed by atoms with Gasteiger partial charge in [0.2, 0.25) is 0 Å². The van der Waals surface area contributed by atoms with E-state index in [1.54, 1.807) is 52.0 Å². The van der Waals surface area contributed by atoms with Crippen LogP contribution in [-0.4, -0.2) is 77.7 Å². The van der Waals surface area contributed by atoms with Gasteiger partial charge in [0.25, 0.3) is 0 Å². The van der Waals surface area contributed by atoms with E-state index in [9.17, 15) is 33.6 Å². The Labute approximate surface area is 291 Å². The summed E-state index contributed by atoms with van der Waals surface area (Å²) in [5.74, 6) is -8.69. The Balaban J connectivity index is 2.47. The number of benzene rings is 1. The van der Waals surface area contributed by atoms with Crippen molar-refractivity contribution in [2.75, 3.05) is 0 Å². The lowest BCUT2D eigenvalue weighted by molar-refractivity contribution is -0.192. The Morgan fingerprint density at radius 2 is 1.26 bits per heavy atom. The van der Waals surface area contributed by atoms with Crippen LogP contribution in [0.2, 0.25) is 0 Å². The standard InChI is InChI=1S/C37H46O13/c1-19-16-17-36(9,10)34(48-25(7)41)32(47-24(6)40)31(46-23(5)39)21(3)30(45-22(4)38)28-29(49-35(44)27-14-12-11-13-15-27)20(2)18-37(28,33(19)43)50-26(8)42/h11-17,19-20,28-32,34H,3,18H2,1-2,4-10H3/t19-,20-,28+,29-,30-,31-,32+,34+,37+/m1/s1. The molecule has 0 saturated heterocycles. The fraction of sp³-hybridized carbons (Fsp3) is 0.541. The number of fused-ring (bicyclic) bond motifs is 1. The molecule has 2 aliphatic carbocycles. The van der Waals surface area contributed by atoms with Gasteiger partial charge >= 0.3 is 35.8 Å².